The van der Waals surface area contributed by atoms with E-state index in [9.17, 15) is 0 Å². The molecule has 0 saturated carbocycles. The van der Waals surface area contributed by atoms with Crippen molar-refractivity contribution in [2.75, 3.05) is 25.0 Å². The Kier molecular flexibility index (Phi) is 5.08. The summed E-state index contributed by atoms with van der Waals surface area (Å²) in [5.74, 6) is 0.846. The molecule has 0 aromatic carbocycles. The summed E-state index contributed by atoms with van der Waals surface area (Å²) in [6.45, 7) is 12.4. The molecule has 114 valence electrons. The lowest BCUT2D eigenvalue weighted by Crippen LogP contribution is -2.35. The molecule has 1 aliphatic heterocycles. The summed E-state index contributed by atoms with van der Waals surface area (Å²) in [7, 11) is 2.01. The van der Waals surface area contributed by atoms with E-state index in [2.05, 4.69) is 37.9 Å². The molecule has 3 nitrogen and oxygen atoms in total. The molecule has 1 atom stereocenters. The zero-order valence-electron chi connectivity index (χ0n) is 13.6. The lowest BCUT2D eigenvalue weighted by molar-refractivity contribution is 0.404. The van der Waals surface area contributed by atoms with Crippen molar-refractivity contribution in [1.82, 2.24) is 10.3 Å². The zero-order valence-corrected chi connectivity index (χ0v) is 14.4. The van der Waals surface area contributed by atoms with Crippen LogP contribution >= 0.6 is 11.3 Å². The average molecular weight is 295 g/mol. The molecule has 1 N–H and O–H groups in total. The lowest BCUT2D eigenvalue weighted by atomic mass is 9.91. The van der Waals surface area contributed by atoms with Gasteiger partial charge in [-0.05, 0) is 25.8 Å². The van der Waals surface area contributed by atoms with Crippen molar-refractivity contribution >= 4 is 16.5 Å². The molecule has 2 rings (SSSR count). The average Bonchev–Trinajstić information content (AvgIpc) is 2.83. The fraction of sp³-hybridized carbons (Fsp3) is 0.812. The van der Waals surface area contributed by atoms with Crippen LogP contribution in [-0.4, -0.2) is 25.1 Å². The van der Waals surface area contributed by atoms with Crippen LogP contribution in [0.15, 0.2) is 0 Å². The second-order valence-electron chi connectivity index (χ2n) is 6.91. The summed E-state index contributed by atoms with van der Waals surface area (Å²) in [5.41, 5.74) is 1.39. The van der Waals surface area contributed by atoms with Crippen LogP contribution in [0.3, 0.4) is 0 Å². The minimum Gasteiger partial charge on any atom is -0.348 e. The van der Waals surface area contributed by atoms with Gasteiger partial charge in [-0.25, -0.2) is 4.98 Å². The largest absolute Gasteiger partial charge is 0.348 e. The second kappa shape index (κ2) is 6.44. The molecule has 1 unspecified atom stereocenters. The number of rotatable bonds is 4. The fourth-order valence-corrected chi connectivity index (χ4v) is 4.23. The molecule has 0 radical (unpaired) electrons. The van der Waals surface area contributed by atoms with Gasteiger partial charge in [-0.1, -0.05) is 34.1 Å². The van der Waals surface area contributed by atoms with E-state index in [-0.39, 0.29) is 5.41 Å². The smallest absolute Gasteiger partial charge is 0.185 e. The Labute approximate surface area is 127 Å². The van der Waals surface area contributed by atoms with E-state index in [0.717, 1.165) is 12.5 Å². The summed E-state index contributed by atoms with van der Waals surface area (Å²) in [6.07, 6.45) is 3.98. The highest BCUT2D eigenvalue weighted by Gasteiger charge is 2.26. The summed E-state index contributed by atoms with van der Waals surface area (Å²) < 4.78 is 0. The molecule has 2 heterocycles. The Morgan fingerprint density at radius 2 is 2.15 bits per heavy atom. The Bertz CT molecular complexity index is 433. The Balaban J connectivity index is 2.24. The maximum atomic E-state index is 5.00. The summed E-state index contributed by atoms with van der Waals surface area (Å²) in [4.78, 5) is 8.90. The van der Waals surface area contributed by atoms with Crippen molar-refractivity contribution in [3.05, 3.63) is 10.6 Å². The van der Waals surface area contributed by atoms with Crippen LogP contribution in [0, 0.1) is 5.92 Å². The van der Waals surface area contributed by atoms with Crippen molar-refractivity contribution in [2.24, 2.45) is 5.92 Å². The number of hydrogen-bond donors (Lipinski definition) is 1. The summed E-state index contributed by atoms with van der Waals surface area (Å²) in [6, 6.07) is 0. The van der Waals surface area contributed by atoms with Crippen LogP contribution in [0.25, 0.3) is 0 Å². The maximum Gasteiger partial charge on any atom is 0.185 e. The molecule has 0 aliphatic carbocycles. The van der Waals surface area contributed by atoms with Crippen molar-refractivity contribution in [3.63, 3.8) is 0 Å². The van der Waals surface area contributed by atoms with Crippen LogP contribution < -0.4 is 10.2 Å². The van der Waals surface area contributed by atoms with E-state index < -0.39 is 0 Å². The van der Waals surface area contributed by atoms with Gasteiger partial charge in [0.15, 0.2) is 5.13 Å². The first kappa shape index (κ1) is 15.8. The van der Waals surface area contributed by atoms with Gasteiger partial charge in [-0.3, -0.25) is 0 Å². The molecule has 1 fully saturated rings. The Hall–Kier alpha value is -0.610. The van der Waals surface area contributed by atoms with Gasteiger partial charge in [0.25, 0.3) is 0 Å². The van der Waals surface area contributed by atoms with Gasteiger partial charge in [0.05, 0.1) is 5.69 Å². The molecule has 4 heteroatoms. The van der Waals surface area contributed by atoms with Crippen LogP contribution in [0.5, 0.6) is 0 Å². The molecule has 0 amide bonds. The standard InChI is InChI=1S/C16H29N3S/c1-6-12-8-7-9-19(11-12)15-18-14(16(2,3)4)13(20-15)10-17-5/h12,17H,6-11H2,1-5H3. The third kappa shape index (κ3) is 3.53. The summed E-state index contributed by atoms with van der Waals surface area (Å²) >= 11 is 1.88. The molecule has 0 bridgehead atoms. The highest BCUT2D eigenvalue weighted by atomic mass is 32.1. The molecule has 0 spiro atoms. The van der Waals surface area contributed by atoms with Crippen molar-refractivity contribution in [3.8, 4) is 0 Å². The maximum absolute atomic E-state index is 5.00. The number of aromatic nitrogens is 1. The number of anilines is 1. The van der Waals surface area contributed by atoms with E-state index in [1.807, 2.05) is 18.4 Å². The van der Waals surface area contributed by atoms with Crippen molar-refractivity contribution in [1.29, 1.82) is 0 Å². The van der Waals surface area contributed by atoms with Gasteiger partial charge < -0.3 is 10.2 Å². The second-order valence-corrected chi connectivity index (χ2v) is 7.97. The van der Waals surface area contributed by atoms with Crippen molar-refractivity contribution < 1.29 is 0 Å². The van der Waals surface area contributed by atoms with E-state index in [0.29, 0.717) is 0 Å². The normalized spacial score (nSPS) is 20.4. The first-order chi connectivity index (χ1) is 9.45. The van der Waals surface area contributed by atoms with Crippen LogP contribution in [-0.2, 0) is 12.0 Å². The van der Waals surface area contributed by atoms with E-state index in [1.54, 1.807) is 0 Å². The number of nitrogens with one attached hydrogen (secondary N) is 1. The SMILES string of the molecule is CCC1CCCN(c2nc(C(C)(C)C)c(CNC)s2)C1. The Morgan fingerprint density at radius 3 is 2.75 bits per heavy atom. The van der Waals surface area contributed by atoms with Gasteiger partial charge >= 0.3 is 0 Å². The minimum absolute atomic E-state index is 0.126. The fourth-order valence-electron chi connectivity index (χ4n) is 2.91. The number of thiazole rings is 1. The van der Waals surface area contributed by atoms with Crippen LogP contribution in [0.2, 0.25) is 0 Å². The van der Waals surface area contributed by atoms with Crippen LogP contribution in [0.1, 0.15) is 57.5 Å². The number of piperidine rings is 1. The number of nitrogens with zero attached hydrogens (tertiary/aromatic N) is 2. The molecular formula is C16H29N3S. The van der Waals surface area contributed by atoms with E-state index in [4.69, 9.17) is 4.98 Å². The van der Waals surface area contributed by atoms with Gasteiger partial charge in [0.1, 0.15) is 0 Å². The third-order valence-corrected chi connectivity index (χ3v) is 5.22. The molecule has 1 aromatic heterocycles. The van der Waals surface area contributed by atoms with Crippen LogP contribution in [0.4, 0.5) is 5.13 Å². The van der Waals surface area contributed by atoms with Gasteiger partial charge in [0.2, 0.25) is 0 Å². The predicted molar refractivity (Wildman–Crippen MR) is 88.8 cm³/mol. The van der Waals surface area contributed by atoms with Crippen molar-refractivity contribution in [2.45, 2.75) is 58.9 Å². The molecule has 20 heavy (non-hydrogen) atoms. The van der Waals surface area contributed by atoms with E-state index in [1.165, 1.54) is 48.1 Å². The minimum atomic E-state index is 0.126. The zero-order chi connectivity index (χ0) is 14.8. The topological polar surface area (TPSA) is 28.2 Å². The molecule has 1 aromatic rings. The van der Waals surface area contributed by atoms with Gasteiger partial charge in [-0.15, -0.1) is 11.3 Å². The first-order valence-electron chi connectivity index (χ1n) is 7.85. The van der Waals surface area contributed by atoms with Gasteiger partial charge in [-0.2, -0.15) is 0 Å². The third-order valence-electron chi connectivity index (χ3n) is 4.10. The van der Waals surface area contributed by atoms with Gasteiger partial charge in [0, 0.05) is 29.9 Å². The monoisotopic (exact) mass is 295 g/mol. The molecule has 1 saturated heterocycles. The Morgan fingerprint density at radius 1 is 1.40 bits per heavy atom. The highest BCUT2D eigenvalue weighted by Crippen LogP contribution is 2.35. The predicted octanol–water partition coefficient (Wildman–Crippen LogP) is 3.79. The quantitative estimate of drug-likeness (QED) is 0.916. The summed E-state index contributed by atoms with van der Waals surface area (Å²) in [5, 5.41) is 4.52. The molecule has 1 aliphatic rings. The lowest BCUT2D eigenvalue weighted by Gasteiger charge is -2.32. The number of hydrogen-bond acceptors (Lipinski definition) is 4. The first-order valence-corrected chi connectivity index (χ1v) is 8.67. The highest BCUT2D eigenvalue weighted by molar-refractivity contribution is 7.15. The molecular weight excluding hydrogens is 266 g/mol. The van der Waals surface area contributed by atoms with E-state index >= 15 is 0 Å².